The van der Waals surface area contributed by atoms with Crippen molar-refractivity contribution in [2.75, 3.05) is 6.54 Å². The van der Waals surface area contributed by atoms with Crippen molar-refractivity contribution in [3.63, 3.8) is 0 Å². The minimum Gasteiger partial charge on any atom is -0.339 e. The fraction of sp³-hybridized carbons (Fsp3) is 0.882. The van der Waals surface area contributed by atoms with Crippen LogP contribution < -0.4 is 0 Å². The molecular formula is C17H30N2O. The Kier molecular flexibility index (Phi) is 7.05. The maximum Gasteiger partial charge on any atom is 0.243 e. The van der Waals surface area contributed by atoms with Gasteiger partial charge in [-0.2, -0.15) is 5.26 Å². The number of nitrogens with zero attached hydrogens (tertiary/aromatic N) is 2. The Hall–Kier alpha value is -1.04. The molecule has 0 heterocycles. The van der Waals surface area contributed by atoms with E-state index < -0.39 is 5.41 Å². The first kappa shape index (κ1) is 17.0. The molecule has 1 saturated carbocycles. The van der Waals surface area contributed by atoms with Gasteiger partial charge in [0.15, 0.2) is 0 Å². The maximum absolute atomic E-state index is 12.9. The fourth-order valence-corrected chi connectivity index (χ4v) is 3.11. The van der Waals surface area contributed by atoms with Gasteiger partial charge in [-0.1, -0.05) is 45.4 Å². The van der Waals surface area contributed by atoms with Crippen molar-refractivity contribution in [3.8, 4) is 6.07 Å². The second-order valence-corrected chi connectivity index (χ2v) is 6.41. The monoisotopic (exact) mass is 278 g/mol. The van der Waals surface area contributed by atoms with Gasteiger partial charge in [0.25, 0.3) is 0 Å². The van der Waals surface area contributed by atoms with Gasteiger partial charge in [0.05, 0.1) is 6.07 Å². The van der Waals surface area contributed by atoms with E-state index in [9.17, 15) is 10.1 Å². The Balaban J connectivity index is 2.82. The largest absolute Gasteiger partial charge is 0.339 e. The quantitative estimate of drug-likeness (QED) is 0.537. The van der Waals surface area contributed by atoms with Gasteiger partial charge in [0.2, 0.25) is 5.91 Å². The molecule has 3 nitrogen and oxygen atoms in total. The van der Waals surface area contributed by atoms with Gasteiger partial charge < -0.3 is 4.90 Å². The summed E-state index contributed by atoms with van der Waals surface area (Å²) in [6.07, 6.45) is 9.20. The third kappa shape index (κ3) is 4.23. The Bertz CT molecular complexity index is 335. The molecule has 0 spiro atoms. The second-order valence-electron chi connectivity index (χ2n) is 6.41. The van der Waals surface area contributed by atoms with Gasteiger partial charge in [0, 0.05) is 12.6 Å². The van der Waals surface area contributed by atoms with Crippen LogP contribution in [-0.2, 0) is 4.79 Å². The Labute approximate surface area is 124 Å². The summed E-state index contributed by atoms with van der Waals surface area (Å²) in [7, 11) is 0. The molecule has 0 aromatic carbocycles. The molecular weight excluding hydrogens is 248 g/mol. The molecule has 1 rings (SSSR count). The van der Waals surface area contributed by atoms with Crippen LogP contribution in [0.25, 0.3) is 0 Å². The smallest absolute Gasteiger partial charge is 0.243 e. The third-order valence-electron chi connectivity index (χ3n) is 4.47. The first-order chi connectivity index (χ1) is 9.57. The predicted molar refractivity (Wildman–Crippen MR) is 82.1 cm³/mol. The SMILES string of the molecule is CCCCCN(C(=O)C1(C#N)CCCCCC1)C(C)C. The number of rotatable bonds is 6. The highest BCUT2D eigenvalue weighted by molar-refractivity contribution is 5.85. The summed E-state index contributed by atoms with van der Waals surface area (Å²) in [5.74, 6) is 0.0907. The average Bonchev–Trinajstić information content (AvgIpc) is 2.69. The zero-order valence-electron chi connectivity index (χ0n) is 13.5. The molecule has 0 radical (unpaired) electrons. The summed E-state index contributed by atoms with van der Waals surface area (Å²) in [6, 6.07) is 2.58. The van der Waals surface area contributed by atoms with Gasteiger partial charge >= 0.3 is 0 Å². The van der Waals surface area contributed by atoms with Gasteiger partial charge in [-0.05, 0) is 33.1 Å². The van der Waals surface area contributed by atoms with E-state index in [0.717, 1.165) is 64.3 Å². The number of hydrogen-bond acceptors (Lipinski definition) is 2. The minimum absolute atomic E-state index is 0.0907. The molecule has 114 valence electrons. The van der Waals surface area contributed by atoms with E-state index >= 15 is 0 Å². The van der Waals surface area contributed by atoms with Crippen LogP contribution in [0.4, 0.5) is 0 Å². The van der Waals surface area contributed by atoms with Crippen molar-refractivity contribution >= 4 is 5.91 Å². The van der Waals surface area contributed by atoms with Crippen molar-refractivity contribution in [3.05, 3.63) is 0 Å². The van der Waals surface area contributed by atoms with E-state index in [1.54, 1.807) is 0 Å². The Morgan fingerprint density at radius 3 is 2.25 bits per heavy atom. The highest BCUT2D eigenvalue weighted by Crippen LogP contribution is 2.36. The van der Waals surface area contributed by atoms with Crippen LogP contribution in [0.5, 0.6) is 0 Å². The van der Waals surface area contributed by atoms with E-state index in [4.69, 9.17) is 0 Å². The molecule has 0 saturated heterocycles. The Morgan fingerprint density at radius 2 is 1.80 bits per heavy atom. The van der Waals surface area contributed by atoms with E-state index in [2.05, 4.69) is 26.8 Å². The van der Waals surface area contributed by atoms with Crippen LogP contribution in [0.1, 0.15) is 78.6 Å². The van der Waals surface area contributed by atoms with Crippen LogP contribution in [-0.4, -0.2) is 23.4 Å². The highest BCUT2D eigenvalue weighted by Gasteiger charge is 2.42. The van der Waals surface area contributed by atoms with Crippen LogP contribution in [0, 0.1) is 16.7 Å². The lowest BCUT2D eigenvalue weighted by Crippen LogP contribution is -2.47. The summed E-state index contributed by atoms with van der Waals surface area (Å²) in [4.78, 5) is 14.9. The third-order valence-corrected chi connectivity index (χ3v) is 4.47. The first-order valence-corrected chi connectivity index (χ1v) is 8.29. The number of hydrogen-bond donors (Lipinski definition) is 0. The molecule has 1 aliphatic carbocycles. The van der Waals surface area contributed by atoms with Crippen molar-refractivity contribution in [2.45, 2.75) is 84.6 Å². The summed E-state index contributed by atoms with van der Waals surface area (Å²) in [5, 5.41) is 9.64. The first-order valence-electron chi connectivity index (χ1n) is 8.29. The maximum atomic E-state index is 12.9. The number of nitriles is 1. The van der Waals surface area contributed by atoms with E-state index in [1.807, 2.05) is 4.90 Å². The molecule has 0 aromatic rings. The van der Waals surface area contributed by atoms with Crippen molar-refractivity contribution in [1.29, 1.82) is 5.26 Å². The van der Waals surface area contributed by atoms with Gasteiger partial charge in [0.1, 0.15) is 5.41 Å². The van der Waals surface area contributed by atoms with Gasteiger partial charge in [-0.25, -0.2) is 0 Å². The van der Waals surface area contributed by atoms with Crippen molar-refractivity contribution in [1.82, 2.24) is 4.90 Å². The van der Waals surface area contributed by atoms with Crippen LogP contribution >= 0.6 is 0 Å². The molecule has 20 heavy (non-hydrogen) atoms. The standard InChI is InChI=1S/C17H30N2O/c1-4-5-10-13-19(15(2)3)16(20)17(14-18)11-8-6-7-9-12-17/h15H,4-13H2,1-3H3. The molecule has 0 N–H and O–H groups in total. The van der Waals surface area contributed by atoms with Crippen LogP contribution in [0.15, 0.2) is 0 Å². The molecule has 3 heteroatoms. The lowest BCUT2D eigenvalue weighted by Gasteiger charge is -2.34. The molecule has 0 aliphatic heterocycles. The second kappa shape index (κ2) is 8.29. The van der Waals surface area contributed by atoms with E-state index in [0.29, 0.717) is 0 Å². The van der Waals surface area contributed by atoms with E-state index in [-0.39, 0.29) is 11.9 Å². The van der Waals surface area contributed by atoms with Crippen LogP contribution in [0.3, 0.4) is 0 Å². The lowest BCUT2D eigenvalue weighted by atomic mass is 9.80. The van der Waals surface area contributed by atoms with Crippen molar-refractivity contribution in [2.24, 2.45) is 5.41 Å². The predicted octanol–water partition coefficient (Wildman–Crippen LogP) is 4.28. The zero-order valence-corrected chi connectivity index (χ0v) is 13.5. The van der Waals surface area contributed by atoms with E-state index in [1.165, 1.54) is 0 Å². The van der Waals surface area contributed by atoms with Gasteiger partial charge in [-0.15, -0.1) is 0 Å². The lowest BCUT2D eigenvalue weighted by molar-refractivity contribution is -0.141. The van der Waals surface area contributed by atoms with Crippen LogP contribution in [0.2, 0.25) is 0 Å². The summed E-state index contributed by atoms with van der Waals surface area (Å²) in [6.45, 7) is 7.09. The zero-order chi connectivity index (χ0) is 15.0. The molecule has 1 fully saturated rings. The normalized spacial score (nSPS) is 18.4. The number of carbonyl (C=O) groups is 1. The fourth-order valence-electron chi connectivity index (χ4n) is 3.11. The number of unbranched alkanes of at least 4 members (excludes halogenated alkanes) is 2. The molecule has 0 atom stereocenters. The number of carbonyl (C=O) groups excluding carboxylic acids is 1. The Morgan fingerprint density at radius 1 is 1.20 bits per heavy atom. The van der Waals surface area contributed by atoms with Gasteiger partial charge in [-0.3, -0.25) is 4.79 Å². The highest BCUT2D eigenvalue weighted by atomic mass is 16.2. The number of amides is 1. The molecule has 0 unspecified atom stereocenters. The molecule has 0 aromatic heterocycles. The topological polar surface area (TPSA) is 44.1 Å². The molecule has 1 aliphatic rings. The van der Waals surface area contributed by atoms with Crippen molar-refractivity contribution < 1.29 is 4.79 Å². The minimum atomic E-state index is -0.743. The summed E-state index contributed by atoms with van der Waals surface area (Å²) >= 11 is 0. The average molecular weight is 278 g/mol. The summed E-state index contributed by atoms with van der Waals surface area (Å²) < 4.78 is 0. The summed E-state index contributed by atoms with van der Waals surface area (Å²) in [5.41, 5.74) is -0.743. The molecule has 0 bridgehead atoms. The molecule has 1 amide bonds.